The summed E-state index contributed by atoms with van der Waals surface area (Å²) in [6, 6.07) is 6.13. The van der Waals surface area contributed by atoms with Gasteiger partial charge in [-0.1, -0.05) is 39.0 Å². The molecule has 120 valence electrons. The van der Waals surface area contributed by atoms with E-state index < -0.39 is 0 Å². The molecule has 4 nitrogen and oxygen atoms in total. The van der Waals surface area contributed by atoms with Gasteiger partial charge < -0.3 is 10.2 Å². The molecule has 1 fully saturated rings. The van der Waals surface area contributed by atoms with Gasteiger partial charge >= 0.3 is 0 Å². The first-order valence-electron chi connectivity index (χ1n) is 8.13. The Morgan fingerprint density at radius 3 is 2.77 bits per heavy atom. The van der Waals surface area contributed by atoms with Crippen molar-refractivity contribution >= 4 is 17.5 Å². The van der Waals surface area contributed by atoms with E-state index in [0.29, 0.717) is 25.4 Å². The maximum atomic E-state index is 12.4. The third-order valence-corrected chi connectivity index (χ3v) is 4.21. The first-order chi connectivity index (χ1) is 10.5. The van der Waals surface area contributed by atoms with Crippen molar-refractivity contribution in [3.05, 3.63) is 29.3 Å². The number of benzene rings is 1. The lowest BCUT2D eigenvalue weighted by Crippen LogP contribution is -2.33. The molecule has 1 N–H and O–H groups in total. The third kappa shape index (κ3) is 3.32. The molecule has 1 aliphatic heterocycles. The molecular formula is C18H26N2O2. The third-order valence-electron chi connectivity index (χ3n) is 4.21. The molecule has 22 heavy (non-hydrogen) atoms. The van der Waals surface area contributed by atoms with Crippen LogP contribution in [0.5, 0.6) is 0 Å². The molecule has 0 saturated carbocycles. The van der Waals surface area contributed by atoms with Crippen LogP contribution in [-0.4, -0.2) is 24.9 Å². The standard InChI is InChI=1S/C18H26N2O2/c1-5-9-19-18(22)14-10-16(21)20(11-14)17-13(4)7-6-8-15(17)12(2)3/h6-8,12,14H,5,9-11H2,1-4H3,(H,19,22). The van der Waals surface area contributed by atoms with Crippen LogP contribution in [0.25, 0.3) is 0 Å². The molecule has 0 spiro atoms. The second-order valence-electron chi connectivity index (χ2n) is 6.36. The predicted octanol–water partition coefficient (Wildman–Crippen LogP) is 3.00. The van der Waals surface area contributed by atoms with E-state index in [1.807, 2.05) is 26.0 Å². The van der Waals surface area contributed by atoms with Crippen LogP contribution in [0, 0.1) is 12.8 Å². The number of hydrogen-bond donors (Lipinski definition) is 1. The van der Waals surface area contributed by atoms with Gasteiger partial charge in [-0.2, -0.15) is 0 Å². The quantitative estimate of drug-likeness (QED) is 0.909. The molecule has 0 aromatic heterocycles. The summed E-state index contributed by atoms with van der Waals surface area (Å²) in [7, 11) is 0. The Bertz CT molecular complexity index is 566. The zero-order valence-corrected chi connectivity index (χ0v) is 14.0. The monoisotopic (exact) mass is 302 g/mol. The molecule has 1 unspecified atom stereocenters. The summed E-state index contributed by atoms with van der Waals surface area (Å²) in [4.78, 5) is 26.4. The van der Waals surface area contributed by atoms with E-state index in [2.05, 4.69) is 25.2 Å². The van der Waals surface area contributed by atoms with E-state index >= 15 is 0 Å². The lowest BCUT2D eigenvalue weighted by atomic mass is 9.97. The maximum absolute atomic E-state index is 12.4. The highest BCUT2D eigenvalue weighted by Gasteiger charge is 2.36. The SMILES string of the molecule is CCCNC(=O)C1CC(=O)N(c2c(C)cccc2C(C)C)C1. The van der Waals surface area contributed by atoms with Crippen molar-refractivity contribution in [3.63, 3.8) is 0 Å². The van der Waals surface area contributed by atoms with Crippen molar-refractivity contribution in [1.82, 2.24) is 5.32 Å². The Morgan fingerprint density at radius 1 is 1.41 bits per heavy atom. The van der Waals surface area contributed by atoms with Crippen molar-refractivity contribution < 1.29 is 9.59 Å². The van der Waals surface area contributed by atoms with E-state index in [9.17, 15) is 9.59 Å². The number of anilines is 1. The molecular weight excluding hydrogens is 276 g/mol. The van der Waals surface area contributed by atoms with Gasteiger partial charge in [-0.3, -0.25) is 9.59 Å². The molecule has 1 aromatic rings. The van der Waals surface area contributed by atoms with Crippen LogP contribution in [0.4, 0.5) is 5.69 Å². The zero-order valence-electron chi connectivity index (χ0n) is 14.0. The number of para-hydroxylation sites is 1. The zero-order chi connectivity index (χ0) is 16.3. The Labute approximate surface area is 132 Å². The summed E-state index contributed by atoms with van der Waals surface area (Å²) in [5.74, 6) is 0.152. The van der Waals surface area contributed by atoms with Gasteiger partial charge in [-0.15, -0.1) is 0 Å². The molecule has 1 saturated heterocycles. The van der Waals surface area contributed by atoms with E-state index in [-0.39, 0.29) is 17.7 Å². The van der Waals surface area contributed by atoms with Gasteiger partial charge in [0, 0.05) is 25.2 Å². The van der Waals surface area contributed by atoms with Gasteiger partial charge in [-0.25, -0.2) is 0 Å². The summed E-state index contributed by atoms with van der Waals surface area (Å²) in [5, 5.41) is 2.90. The molecule has 0 aliphatic carbocycles. The number of nitrogens with one attached hydrogen (secondary N) is 1. The molecule has 1 aromatic carbocycles. The largest absolute Gasteiger partial charge is 0.356 e. The summed E-state index contributed by atoms with van der Waals surface area (Å²) in [6.45, 7) is 9.46. The first-order valence-corrected chi connectivity index (χ1v) is 8.13. The fourth-order valence-electron chi connectivity index (χ4n) is 3.01. The summed E-state index contributed by atoms with van der Waals surface area (Å²) < 4.78 is 0. The molecule has 0 bridgehead atoms. The highest BCUT2D eigenvalue weighted by molar-refractivity contribution is 6.01. The van der Waals surface area contributed by atoms with Gasteiger partial charge in [0.25, 0.3) is 0 Å². The van der Waals surface area contributed by atoms with Crippen LogP contribution in [0.15, 0.2) is 18.2 Å². The minimum atomic E-state index is -0.237. The molecule has 2 amide bonds. The van der Waals surface area contributed by atoms with Crippen LogP contribution in [-0.2, 0) is 9.59 Å². The second kappa shape index (κ2) is 6.95. The second-order valence-corrected chi connectivity index (χ2v) is 6.36. The predicted molar refractivity (Wildman–Crippen MR) is 89.0 cm³/mol. The lowest BCUT2D eigenvalue weighted by molar-refractivity contribution is -0.126. The number of rotatable bonds is 5. The van der Waals surface area contributed by atoms with Crippen molar-refractivity contribution in [1.29, 1.82) is 0 Å². The normalized spacial score (nSPS) is 18.1. The first kappa shape index (κ1) is 16.5. The van der Waals surface area contributed by atoms with Gasteiger partial charge in [0.15, 0.2) is 0 Å². The van der Waals surface area contributed by atoms with Gasteiger partial charge in [-0.05, 0) is 30.4 Å². The highest BCUT2D eigenvalue weighted by atomic mass is 16.2. The lowest BCUT2D eigenvalue weighted by Gasteiger charge is -2.24. The van der Waals surface area contributed by atoms with E-state index in [4.69, 9.17) is 0 Å². The Hall–Kier alpha value is -1.84. The molecule has 1 aliphatic rings. The molecule has 0 radical (unpaired) electrons. The summed E-state index contributed by atoms with van der Waals surface area (Å²) >= 11 is 0. The molecule has 1 atom stereocenters. The average molecular weight is 302 g/mol. The number of nitrogens with zero attached hydrogens (tertiary/aromatic N) is 1. The fourth-order valence-corrected chi connectivity index (χ4v) is 3.01. The highest BCUT2D eigenvalue weighted by Crippen LogP contribution is 2.34. The number of amides is 2. The van der Waals surface area contributed by atoms with Gasteiger partial charge in [0.05, 0.1) is 5.92 Å². The smallest absolute Gasteiger partial charge is 0.227 e. The summed E-state index contributed by atoms with van der Waals surface area (Å²) in [6.07, 6.45) is 1.22. The van der Waals surface area contributed by atoms with Crippen molar-refractivity contribution in [2.45, 2.75) is 46.5 Å². The van der Waals surface area contributed by atoms with Crippen molar-refractivity contribution in [2.24, 2.45) is 5.92 Å². The minimum Gasteiger partial charge on any atom is -0.356 e. The van der Waals surface area contributed by atoms with Crippen LogP contribution in [0.3, 0.4) is 0 Å². The Kier molecular flexibility index (Phi) is 5.22. The van der Waals surface area contributed by atoms with Gasteiger partial charge in [0.2, 0.25) is 11.8 Å². The molecule has 4 heteroatoms. The van der Waals surface area contributed by atoms with Crippen molar-refractivity contribution in [3.8, 4) is 0 Å². The minimum absolute atomic E-state index is 0.00242. The topological polar surface area (TPSA) is 49.4 Å². The van der Waals surface area contributed by atoms with E-state index in [0.717, 1.165) is 17.7 Å². The van der Waals surface area contributed by atoms with E-state index in [1.165, 1.54) is 5.56 Å². The van der Waals surface area contributed by atoms with Crippen LogP contribution < -0.4 is 10.2 Å². The average Bonchev–Trinajstić information content (AvgIpc) is 2.86. The Balaban J connectivity index is 2.24. The van der Waals surface area contributed by atoms with E-state index in [1.54, 1.807) is 4.90 Å². The number of carbonyl (C=O) groups excluding carboxylic acids is 2. The van der Waals surface area contributed by atoms with Crippen LogP contribution >= 0.6 is 0 Å². The van der Waals surface area contributed by atoms with Crippen LogP contribution in [0.1, 0.15) is 50.7 Å². The summed E-state index contributed by atoms with van der Waals surface area (Å²) in [5.41, 5.74) is 3.26. The fraction of sp³-hybridized carbons (Fsp3) is 0.556. The van der Waals surface area contributed by atoms with Crippen molar-refractivity contribution in [2.75, 3.05) is 18.0 Å². The Morgan fingerprint density at radius 2 is 2.14 bits per heavy atom. The maximum Gasteiger partial charge on any atom is 0.227 e. The number of hydrogen-bond acceptors (Lipinski definition) is 2. The van der Waals surface area contributed by atoms with Crippen LogP contribution in [0.2, 0.25) is 0 Å². The van der Waals surface area contributed by atoms with Gasteiger partial charge in [0.1, 0.15) is 0 Å². The number of carbonyl (C=O) groups is 2. The molecule has 1 heterocycles. The number of aryl methyl sites for hydroxylation is 1. The molecule has 2 rings (SSSR count).